The Hall–Kier alpha value is -0.990. The molecule has 1 aliphatic heterocycles. The summed E-state index contributed by atoms with van der Waals surface area (Å²) in [5.74, 6) is 1.17. The van der Waals surface area contributed by atoms with Crippen LogP contribution in [-0.4, -0.2) is 94.5 Å². The van der Waals surface area contributed by atoms with Crippen LogP contribution in [-0.2, 0) is 19.0 Å². The van der Waals surface area contributed by atoms with Crippen molar-refractivity contribution in [2.45, 2.75) is 51.2 Å². The van der Waals surface area contributed by atoms with Crippen LogP contribution in [0.2, 0.25) is 0 Å². The summed E-state index contributed by atoms with van der Waals surface area (Å²) in [5.41, 5.74) is 0.529. The van der Waals surface area contributed by atoms with Gasteiger partial charge in [0.2, 0.25) is 5.91 Å². The maximum Gasteiger partial charge on any atom is 0.246 e. The Labute approximate surface area is 189 Å². The van der Waals surface area contributed by atoms with E-state index in [0.717, 1.165) is 39.4 Å². The quantitative estimate of drug-likeness (QED) is 0.134. The number of nitrogens with one attached hydrogen (secondary N) is 1. The van der Waals surface area contributed by atoms with E-state index < -0.39 is 6.10 Å². The third-order valence-corrected chi connectivity index (χ3v) is 6.01. The van der Waals surface area contributed by atoms with Crippen LogP contribution in [0.1, 0.15) is 39.0 Å². The van der Waals surface area contributed by atoms with E-state index in [9.17, 15) is 9.90 Å². The molecule has 31 heavy (non-hydrogen) atoms. The molecule has 2 unspecified atom stereocenters. The Kier molecular flexibility index (Phi) is 12.9. The first kappa shape index (κ1) is 28.0. The van der Waals surface area contributed by atoms with Gasteiger partial charge in [-0.2, -0.15) is 0 Å². The maximum atomic E-state index is 11.5. The summed E-state index contributed by atoms with van der Waals surface area (Å²) in [6.45, 7) is 11.1. The lowest BCUT2D eigenvalue weighted by Crippen LogP contribution is -2.48. The molecule has 0 spiro atoms. The smallest absolute Gasteiger partial charge is 0.246 e. The van der Waals surface area contributed by atoms with E-state index in [0.29, 0.717) is 47.7 Å². The van der Waals surface area contributed by atoms with Gasteiger partial charge < -0.3 is 36.5 Å². The van der Waals surface area contributed by atoms with Gasteiger partial charge in [0.15, 0.2) is 0 Å². The van der Waals surface area contributed by atoms with Gasteiger partial charge in [0.1, 0.15) is 18.8 Å². The van der Waals surface area contributed by atoms with Gasteiger partial charge in [-0.25, -0.2) is 0 Å². The molecule has 7 heteroatoms. The highest BCUT2D eigenvalue weighted by molar-refractivity contribution is 5.91. The van der Waals surface area contributed by atoms with Crippen molar-refractivity contribution in [3.05, 3.63) is 19.6 Å². The highest BCUT2D eigenvalue weighted by Gasteiger charge is 2.26. The summed E-state index contributed by atoms with van der Waals surface area (Å²) >= 11 is 0. The van der Waals surface area contributed by atoms with Crippen molar-refractivity contribution in [2.75, 3.05) is 66.8 Å². The highest BCUT2D eigenvalue weighted by atomic mass is 16.6. The molecule has 0 radical (unpaired) electrons. The number of quaternary nitrogens is 1. The molecule has 1 saturated heterocycles. The summed E-state index contributed by atoms with van der Waals surface area (Å²) in [6, 6.07) is 0. The van der Waals surface area contributed by atoms with E-state index in [1.54, 1.807) is 6.92 Å². The molecule has 2 N–H and O–H groups in total. The van der Waals surface area contributed by atoms with Crippen LogP contribution in [0.3, 0.4) is 0 Å². The Morgan fingerprint density at radius 1 is 1.16 bits per heavy atom. The summed E-state index contributed by atoms with van der Waals surface area (Å²) in [7, 11) is 4.20. The van der Waals surface area contributed by atoms with Gasteiger partial charge in [0.25, 0.3) is 0 Å². The average Bonchev–Trinajstić information content (AvgIpc) is 3.50. The fraction of sp³-hybridized carbons (Fsp3) is 0.833. The predicted molar refractivity (Wildman–Crippen MR) is 124 cm³/mol. The van der Waals surface area contributed by atoms with E-state index in [2.05, 4.69) is 26.0 Å². The SMILES string of the molecule is C=C(C)C(=O)NCCC[N+](C)(C)CC(O)COCC1CCC(COCC2CO2)CC1.[CH3-]. The van der Waals surface area contributed by atoms with Gasteiger partial charge in [-0.3, -0.25) is 4.79 Å². The first-order chi connectivity index (χ1) is 14.2. The molecule has 1 saturated carbocycles. The van der Waals surface area contributed by atoms with Gasteiger partial charge in [-0.05, 0) is 44.4 Å². The average molecular weight is 443 g/mol. The molecule has 1 aliphatic carbocycles. The van der Waals surface area contributed by atoms with Crippen molar-refractivity contribution in [2.24, 2.45) is 11.8 Å². The largest absolute Gasteiger partial charge is 0.385 e. The van der Waals surface area contributed by atoms with Gasteiger partial charge in [-0.1, -0.05) is 6.58 Å². The third kappa shape index (κ3) is 12.6. The van der Waals surface area contributed by atoms with Crippen molar-refractivity contribution in [3.63, 3.8) is 0 Å². The molecular formula is C24H46N2O5. The second-order valence-corrected chi connectivity index (χ2v) is 9.80. The molecule has 0 aromatic carbocycles. The lowest BCUT2D eigenvalue weighted by molar-refractivity contribution is -0.893. The zero-order valence-corrected chi connectivity index (χ0v) is 20.2. The molecular weight excluding hydrogens is 396 g/mol. The van der Waals surface area contributed by atoms with Crippen LogP contribution in [0.25, 0.3) is 0 Å². The number of likely N-dealkylation sites (N-methyl/N-ethyl adjacent to an activating group) is 1. The number of epoxide rings is 1. The second kappa shape index (κ2) is 14.2. The topological polar surface area (TPSA) is 80.3 Å². The molecule has 2 rings (SSSR count). The van der Waals surface area contributed by atoms with Crippen LogP contribution in [0, 0.1) is 19.3 Å². The van der Waals surface area contributed by atoms with E-state index in [1.165, 1.54) is 25.7 Å². The van der Waals surface area contributed by atoms with Gasteiger partial charge in [0, 0.05) is 31.8 Å². The van der Waals surface area contributed by atoms with Gasteiger partial charge in [0.05, 0.1) is 40.5 Å². The third-order valence-electron chi connectivity index (χ3n) is 6.01. The van der Waals surface area contributed by atoms with E-state index in [-0.39, 0.29) is 13.3 Å². The monoisotopic (exact) mass is 442 g/mol. The summed E-state index contributed by atoms with van der Waals surface area (Å²) in [4.78, 5) is 11.5. The van der Waals surface area contributed by atoms with E-state index in [1.807, 2.05) is 0 Å². The second-order valence-electron chi connectivity index (χ2n) is 9.80. The van der Waals surface area contributed by atoms with Crippen LogP contribution in [0.4, 0.5) is 0 Å². The number of nitrogens with zero attached hydrogens (tertiary/aromatic N) is 1. The first-order valence-electron chi connectivity index (χ1n) is 11.5. The minimum atomic E-state index is -0.473. The van der Waals surface area contributed by atoms with E-state index in [4.69, 9.17) is 14.2 Å². The number of hydrogen-bond acceptors (Lipinski definition) is 5. The Morgan fingerprint density at radius 3 is 2.29 bits per heavy atom. The maximum absolute atomic E-state index is 11.5. The molecule has 2 atom stereocenters. The fourth-order valence-corrected chi connectivity index (χ4v) is 4.04. The van der Waals surface area contributed by atoms with Crippen molar-refractivity contribution < 1.29 is 28.6 Å². The Bertz CT molecular complexity index is 528. The number of carbonyl (C=O) groups excluding carboxylic acids is 1. The van der Waals surface area contributed by atoms with Crippen molar-refractivity contribution in [3.8, 4) is 0 Å². The number of amides is 1. The molecule has 182 valence electrons. The summed E-state index contributed by atoms with van der Waals surface area (Å²) < 4.78 is 17.4. The number of aliphatic hydroxyl groups is 1. The van der Waals surface area contributed by atoms with Crippen LogP contribution >= 0.6 is 0 Å². The van der Waals surface area contributed by atoms with Crippen LogP contribution in [0.5, 0.6) is 0 Å². The first-order valence-corrected chi connectivity index (χ1v) is 11.5. The molecule has 7 nitrogen and oxygen atoms in total. The number of rotatable bonds is 15. The lowest BCUT2D eigenvalue weighted by atomic mass is 9.83. The van der Waals surface area contributed by atoms with E-state index >= 15 is 0 Å². The van der Waals surface area contributed by atoms with Crippen molar-refractivity contribution in [1.29, 1.82) is 0 Å². The predicted octanol–water partition coefficient (Wildman–Crippen LogP) is 2.19. The molecule has 0 aromatic heterocycles. The fourth-order valence-electron chi connectivity index (χ4n) is 4.04. The van der Waals surface area contributed by atoms with Crippen molar-refractivity contribution in [1.82, 2.24) is 5.32 Å². The summed E-state index contributed by atoms with van der Waals surface area (Å²) in [6.07, 6.45) is 5.51. The minimum Gasteiger partial charge on any atom is -0.385 e. The zero-order chi connectivity index (χ0) is 22.0. The number of hydrogen-bond donors (Lipinski definition) is 2. The van der Waals surface area contributed by atoms with Crippen molar-refractivity contribution >= 4 is 5.91 Å². The number of carbonyl (C=O) groups is 1. The van der Waals surface area contributed by atoms with Gasteiger partial charge >= 0.3 is 0 Å². The number of aliphatic hydroxyl groups excluding tert-OH is 1. The molecule has 1 amide bonds. The molecule has 0 bridgehead atoms. The minimum absolute atomic E-state index is 0. The Morgan fingerprint density at radius 2 is 1.74 bits per heavy atom. The van der Waals surface area contributed by atoms with Crippen LogP contribution in [0.15, 0.2) is 12.2 Å². The molecule has 2 aliphatic rings. The highest BCUT2D eigenvalue weighted by Crippen LogP contribution is 2.29. The molecule has 2 fully saturated rings. The lowest BCUT2D eigenvalue weighted by Gasteiger charge is -2.32. The van der Waals surface area contributed by atoms with Gasteiger partial charge in [-0.15, -0.1) is 0 Å². The number of ether oxygens (including phenoxy) is 3. The Balaban J connectivity index is 0.00000480. The summed E-state index contributed by atoms with van der Waals surface area (Å²) in [5, 5.41) is 13.2. The van der Waals surface area contributed by atoms with Crippen LogP contribution < -0.4 is 5.32 Å². The zero-order valence-electron chi connectivity index (χ0n) is 20.2. The normalized spacial score (nSPS) is 24.2. The standard InChI is InChI=1S/C23H42N2O5.CH3/c1-18(2)23(27)24-10-5-11-25(3,4)12-21(26)15-28-13-19-6-8-20(9-7-19)14-29-16-22-17-30-22;/h19-22,26H,1,5-17H2,2-4H3;1H3/q;-1/p+1. The molecule has 1 heterocycles. The molecule has 0 aromatic rings.